The zero-order chi connectivity index (χ0) is 23.6. The second-order valence-corrected chi connectivity index (χ2v) is 8.39. The standard InChI is InChI=1S/C28H30N2O4/c31-27(21-34-26-9-5-2-6-10-26)30-17-15-24(16-18-30)28(32)29-19-22-11-13-23(14-12-22)20-33-25-7-3-1-4-8-25/h1-14,24H,15-21H2,(H,29,32). The van der Waals surface area contributed by atoms with E-state index in [1.165, 1.54) is 0 Å². The third kappa shape index (κ3) is 6.85. The molecule has 0 bridgehead atoms. The van der Waals surface area contributed by atoms with E-state index in [0.29, 0.717) is 44.8 Å². The van der Waals surface area contributed by atoms with E-state index in [1.807, 2.05) is 84.9 Å². The summed E-state index contributed by atoms with van der Waals surface area (Å²) in [4.78, 5) is 26.8. The second-order valence-electron chi connectivity index (χ2n) is 8.39. The van der Waals surface area contributed by atoms with Gasteiger partial charge in [-0.2, -0.15) is 0 Å². The molecule has 34 heavy (non-hydrogen) atoms. The molecular weight excluding hydrogens is 428 g/mol. The van der Waals surface area contributed by atoms with Crippen LogP contribution in [0.5, 0.6) is 11.5 Å². The van der Waals surface area contributed by atoms with E-state index in [0.717, 1.165) is 16.9 Å². The van der Waals surface area contributed by atoms with E-state index in [1.54, 1.807) is 4.90 Å². The average Bonchev–Trinajstić information content (AvgIpc) is 2.91. The van der Waals surface area contributed by atoms with Gasteiger partial charge in [0, 0.05) is 25.6 Å². The number of ether oxygens (including phenoxy) is 2. The minimum Gasteiger partial charge on any atom is -0.489 e. The Morgan fingerprint density at radius 1 is 0.765 bits per heavy atom. The molecule has 6 heteroatoms. The molecule has 3 aromatic rings. The number of amides is 2. The van der Waals surface area contributed by atoms with Gasteiger partial charge >= 0.3 is 0 Å². The maximum atomic E-state index is 12.6. The predicted molar refractivity (Wildman–Crippen MR) is 130 cm³/mol. The topological polar surface area (TPSA) is 67.9 Å². The molecule has 0 aliphatic carbocycles. The highest BCUT2D eigenvalue weighted by Gasteiger charge is 2.27. The number of nitrogens with one attached hydrogen (secondary N) is 1. The molecule has 1 aliphatic heterocycles. The Morgan fingerprint density at radius 2 is 1.32 bits per heavy atom. The Bertz CT molecular complexity index is 1050. The van der Waals surface area contributed by atoms with E-state index >= 15 is 0 Å². The lowest BCUT2D eigenvalue weighted by molar-refractivity contribution is -0.137. The Hall–Kier alpha value is -3.80. The van der Waals surface area contributed by atoms with Gasteiger partial charge in [-0.05, 0) is 48.2 Å². The molecule has 2 amide bonds. The zero-order valence-corrected chi connectivity index (χ0v) is 19.2. The maximum Gasteiger partial charge on any atom is 0.260 e. The summed E-state index contributed by atoms with van der Waals surface area (Å²) < 4.78 is 11.3. The van der Waals surface area contributed by atoms with E-state index in [9.17, 15) is 9.59 Å². The largest absolute Gasteiger partial charge is 0.489 e. The molecule has 1 fully saturated rings. The van der Waals surface area contributed by atoms with Crippen LogP contribution in [0.2, 0.25) is 0 Å². The summed E-state index contributed by atoms with van der Waals surface area (Å²) in [5, 5.41) is 3.04. The molecule has 0 unspecified atom stereocenters. The van der Waals surface area contributed by atoms with Gasteiger partial charge in [-0.15, -0.1) is 0 Å². The highest BCUT2D eigenvalue weighted by atomic mass is 16.5. The number of hydrogen-bond donors (Lipinski definition) is 1. The Morgan fingerprint density at radius 3 is 1.94 bits per heavy atom. The van der Waals surface area contributed by atoms with Crippen molar-refractivity contribution in [3.8, 4) is 11.5 Å². The molecule has 1 saturated heterocycles. The van der Waals surface area contributed by atoms with Gasteiger partial charge in [-0.1, -0.05) is 60.7 Å². The predicted octanol–water partition coefficient (Wildman–Crippen LogP) is 4.20. The summed E-state index contributed by atoms with van der Waals surface area (Å²) in [7, 11) is 0. The third-order valence-electron chi connectivity index (χ3n) is 5.96. The third-order valence-corrected chi connectivity index (χ3v) is 5.96. The van der Waals surface area contributed by atoms with Crippen LogP contribution in [0.4, 0.5) is 0 Å². The molecule has 176 valence electrons. The Kier molecular flexibility index (Phi) is 8.17. The fraction of sp³-hybridized carbons (Fsp3) is 0.286. The minimum absolute atomic E-state index is 0.0211. The van der Waals surface area contributed by atoms with E-state index < -0.39 is 0 Å². The molecule has 1 heterocycles. The van der Waals surface area contributed by atoms with Crippen LogP contribution in [0.3, 0.4) is 0 Å². The van der Waals surface area contributed by atoms with Crippen LogP contribution in [0.1, 0.15) is 24.0 Å². The Labute approximate surface area is 200 Å². The summed E-state index contributed by atoms with van der Waals surface area (Å²) in [5.41, 5.74) is 2.12. The molecular formula is C28H30N2O4. The first-order chi connectivity index (χ1) is 16.7. The number of carbonyl (C=O) groups is 2. The summed E-state index contributed by atoms with van der Waals surface area (Å²) in [6.07, 6.45) is 1.33. The van der Waals surface area contributed by atoms with Crippen LogP contribution in [-0.4, -0.2) is 36.4 Å². The van der Waals surface area contributed by atoms with Gasteiger partial charge in [-0.25, -0.2) is 0 Å². The molecule has 0 atom stereocenters. The van der Waals surface area contributed by atoms with Crippen molar-refractivity contribution < 1.29 is 19.1 Å². The number of nitrogens with zero attached hydrogens (tertiary/aromatic N) is 1. The number of benzene rings is 3. The van der Waals surface area contributed by atoms with Gasteiger partial charge in [-0.3, -0.25) is 9.59 Å². The molecule has 4 rings (SSSR count). The van der Waals surface area contributed by atoms with Crippen molar-refractivity contribution in [2.75, 3.05) is 19.7 Å². The quantitative estimate of drug-likeness (QED) is 0.522. The van der Waals surface area contributed by atoms with Gasteiger partial charge in [0.2, 0.25) is 5.91 Å². The maximum absolute atomic E-state index is 12.6. The first-order valence-electron chi connectivity index (χ1n) is 11.7. The van der Waals surface area contributed by atoms with Crippen molar-refractivity contribution in [1.82, 2.24) is 10.2 Å². The fourth-order valence-electron chi connectivity index (χ4n) is 3.91. The molecule has 1 aliphatic rings. The van der Waals surface area contributed by atoms with Gasteiger partial charge < -0.3 is 19.7 Å². The lowest BCUT2D eigenvalue weighted by Crippen LogP contribution is -2.44. The molecule has 3 aromatic carbocycles. The smallest absolute Gasteiger partial charge is 0.260 e. The molecule has 0 radical (unpaired) electrons. The molecule has 0 saturated carbocycles. The molecule has 1 N–H and O–H groups in total. The van der Waals surface area contributed by atoms with Crippen molar-refractivity contribution in [2.24, 2.45) is 5.92 Å². The highest BCUT2D eigenvalue weighted by molar-refractivity contribution is 5.80. The Balaban J connectivity index is 1.15. The first-order valence-corrected chi connectivity index (χ1v) is 11.7. The normalized spacial score (nSPS) is 13.8. The lowest BCUT2D eigenvalue weighted by atomic mass is 9.95. The number of carbonyl (C=O) groups excluding carboxylic acids is 2. The van der Waals surface area contributed by atoms with Crippen LogP contribution in [0.15, 0.2) is 84.9 Å². The number of likely N-dealkylation sites (tertiary alicyclic amines) is 1. The van der Waals surface area contributed by atoms with Gasteiger partial charge in [0.05, 0.1) is 0 Å². The fourth-order valence-corrected chi connectivity index (χ4v) is 3.91. The number of rotatable bonds is 9. The van der Waals surface area contributed by atoms with Crippen molar-refractivity contribution in [3.63, 3.8) is 0 Å². The number of piperidine rings is 1. The monoisotopic (exact) mass is 458 g/mol. The highest BCUT2D eigenvalue weighted by Crippen LogP contribution is 2.18. The lowest BCUT2D eigenvalue weighted by Gasteiger charge is -2.31. The van der Waals surface area contributed by atoms with Crippen LogP contribution in [-0.2, 0) is 22.7 Å². The van der Waals surface area contributed by atoms with Gasteiger partial charge in [0.15, 0.2) is 6.61 Å². The van der Waals surface area contributed by atoms with Gasteiger partial charge in [0.1, 0.15) is 18.1 Å². The minimum atomic E-state index is -0.0716. The molecule has 0 aromatic heterocycles. The van der Waals surface area contributed by atoms with E-state index in [2.05, 4.69) is 5.32 Å². The van der Waals surface area contributed by atoms with Crippen molar-refractivity contribution in [2.45, 2.75) is 26.0 Å². The summed E-state index contributed by atoms with van der Waals surface area (Å²) in [5.74, 6) is 1.46. The summed E-state index contributed by atoms with van der Waals surface area (Å²) >= 11 is 0. The SMILES string of the molecule is O=C(NCc1ccc(COc2ccccc2)cc1)C1CCN(C(=O)COc2ccccc2)CC1. The summed E-state index contributed by atoms with van der Waals surface area (Å²) in [6.45, 7) is 2.16. The van der Waals surface area contributed by atoms with Crippen molar-refractivity contribution in [3.05, 3.63) is 96.1 Å². The average molecular weight is 459 g/mol. The van der Waals surface area contributed by atoms with Crippen LogP contribution >= 0.6 is 0 Å². The van der Waals surface area contributed by atoms with Crippen LogP contribution in [0.25, 0.3) is 0 Å². The summed E-state index contributed by atoms with van der Waals surface area (Å²) in [6, 6.07) is 27.1. The van der Waals surface area contributed by atoms with Crippen LogP contribution < -0.4 is 14.8 Å². The zero-order valence-electron chi connectivity index (χ0n) is 19.2. The number of hydrogen-bond acceptors (Lipinski definition) is 4. The van der Waals surface area contributed by atoms with Gasteiger partial charge in [0.25, 0.3) is 5.91 Å². The first kappa shape index (κ1) is 23.4. The van der Waals surface area contributed by atoms with Crippen LogP contribution in [0, 0.1) is 5.92 Å². The van der Waals surface area contributed by atoms with Crippen molar-refractivity contribution >= 4 is 11.8 Å². The van der Waals surface area contributed by atoms with E-state index in [-0.39, 0.29) is 24.3 Å². The van der Waals surface area contributed by atoms with Crippen molar-refractivity contribution in [1.29, 1.82) is 0 Å². The second kappa shape index (κ2) is 11.9. The number of para-hydroxylation sites is 2. The van der Waals surface area contributed by atoms with E-state index in [4.69, 9.17) is 9.47 Å². The molecule has 6 nitrogen and oxygen atoms in total. The molecule has 0 spiro atoms.